The Bertz CT molecular complexity index is 326. The summed E-state index contributed by atoms with van der Waals surface area (Å²) in [5, 5.41) is 15.4. The third-order valence-corrected chi connectivity index (χ3v) is 2.35. The highest BCUT2D eigenvalue weighted by molar-refractivity contribution is 5.21. The lowest BCUT2D eigenvalue weighted by Gasteiger charge is -2.30. The average molecular weight is 188 g/mol. The molecule has 0 bridgehead atoms. The number of hydrogen-bond acceptors (Lipinski definition) is 4. The number of rotatable bonds is 3. The third kappa shape index (κ3) is 1.90. The molecule has 2 heterocycles. The Balaban J connectivity index is 2.02. The van der Waals surface area contributed by atoms with Crippen molar-refractivity contribution in [3.8, 4) is 6.07 Å². The Morgan fingerprint density at radius 2 is 2.21 bits per heavy atom. The molecular formula is C10H12N4. The van der Waals surface area contributed by atoms with Crippen molar-refractivity contribution in [3.05, 3.63) is 30.1 Å². The summed E-state index contributed by atoms with van der Waals surface area (Å²) < 4.78 is 0. The summed E-state index contributed by atoms with van der Waals surface area (Å²) in [6, 6.07) is 6.19. The number of pyridine rings is 1. The van der Waals surface area contributed by atoms with E-state index in [1.807, 2.05) is 12.1 Å². The number of nitrogens with zero attached hydrogens (tertiary/aromatic N) is 2. The summed E-state index contributed by atoms with van der Waals surface area (Å²) in [6.45, 7) is 1.90. The molecule has 0 spiro atoms. The van der Waals surface area contributed by atoms with Gasteiger partial charge in [-0.1, -0.05) is 0 Å². The second-order valence-corrected chi connectivity index (χ2v) is 3.36. The summed E-state index contributed by atoms with van der Waals surface area (Å²) in [6.07, 6.45) is 3.42. The largest absolute Gasteiger partial charge is 0.314 e. The van der Waals surface area contributed by atoms with Gasteiger partial charge < -0.3 is 5.32 Å². The van der Waals surface area contributed by atoms with Crippen molar-refractivity contribution < 1.29 is 0 Å². The number of aromatic nitrogens is 1. The maximum atomic E-state index is 8.99. The molecule has 0 aliphatic carbocycles. The van der Waals surface area contributed by atoms with Crippen molar-refractivity contribution in [2.24, 2.45) is 0 Å². The maximum absolute atomic E-state index is 8.99. The van der Waals surface area contributed by atoms with Crippen molar-refractivity contribution in [1.82, 2.24) is 15.6 Å². The summed E-state index contributed by atoms with van der Waals surface area (Å²) in [7, 11) is 0. The molecule has 0 unspecified atom stereocenters. The van der Waals surface area contributed by atoms with E-state index in [-0.39, 0.29) is 6.04 Å². The summed E-state index contributed by atoms with van der Waals surface area (Å²) in [4.78, 5) is 3.93. The minimum absolute atomic E-state index is 0.218. The fourth-order valence-electron chi connectivity index (χ4n) is 1.41. The molecule has 2 rings (SSSR count). The van der Waals surface area contributed by atoms with Gasteiger partial charge in [0, 0.05) is 31.5 Å². The Hall–Kier alpha value is -1.44. The van der Waals surface area contributed by atoms with E-state index < -0.39 is 0 Å². The van der Waals surface area contributed by atoms with Gasteiger partial charge in [0.2, 0.25) is 0 Å². The van der Waals surface area contributed by atoms with Crippen molar-refractivity contribution in [1.29, 1.82) is 5.26 Å². The molecule has 2 N–H and O–H groups in total. The van der Waals surface area contributed by atoms with Crippen molar-refractivity contribution in [2.75, 3.05) is 13.1 Å². The molecule has 1 aromatic rings. The molecule has 14 heavy (non-hydrogen) atoms. The van der Waals surface area contributed by atoms with Crippen molar-refractivity contribution >= 4 is 0 Å². The van der Waals surface area contributed by atoms with Gasteiger partial charge in [-0.3, -0.25) is 10.3 Å². The highest BCUT2D eigenvalue weighted by atomic mass is 15.1. The lowest BCUT2D eigenvalue weighted by molar-refractivity contribution is 0.352. The standard InChI is InChI=1S/C10H12N4/c11-5-10(14-9-6-13-7-9)8-1-3-12-4-2-8/h1-4,9-10,13-14H,6-7H2/t10-/m0/s1. The van der Waals surface area contributed by atoms with E-state index in [1.165, 1.54) is 0 Å². The first-order chi connectivity index (χ1) is 6.90. The number of nitriles is 1. The molecule has 0 aromatic carbocycles. The van der Waals surface area contributed by atoms with Crippen LogP contribution in [0.2, 0.25) is 0 Å². The van der Waals surface area contributed by atoms with E-state index in [4.69, 9.17) is 5.26 Å². The molecule has 0 amide bonds. The van der Waals surface area contributed by atoms with Gasteiger partial charge in [0.1, 0.15) is 6.04 Å². The van der Waals surface area contributed by atoms with E-state index in [0.29, 0.717) is 6.04 Å². The molecule has 1 fully saturated rings. The second-order valence-electron chi connectivity index (χ2n) is 3.36. The van der Waals surface area contributed by atoms with Gasteiger partial charge in [-0.2, -0.15) is 5.26 Å². The van der Waals surface area contributed by atoms with Crippen LogP contribution in [-0.4, -0.2) is 24.1 Å². The molecule has 1 saturated heterocycles. The molecular weight excluding hydrogens is 176 g/mol. The van der Waals surface area contributed by atoms with Gasteiger partial charge in [-0.15, -0.1) is 0 Å². The van der Waals surface area contributed by atoms with Crippen LogP contribution >= 0.6 is 0 Å². The Labute approximate surface area is 83.0 Å². The smallest absolute Gasteiger partial charge is 0.121 e. The Morgan fingerprint density at radius 3 is 2.71 bits per heavy atom. The van der Waals surface area contributed by atoms with Crippen LogP contribution in [0, 0.1) is 11.3 Å². The van der Waals surface area contributed by atoms with Crippen LogP contribution in [0.4, 0.5) is 0 Å². The van der Waals surface area contributed by atoms with Gasteiger partial charge in [-0.25, -0.2) is 0 Å². The Morgan fingerprint density at radius 1 is 1.50 bits per heavy atom. The normalized spacial score (nSPS) is 18.2. The van der Waals surface area contributed by atoms with E-state index in [1.54, 1.807) is 12.4 Å². The van der Waals surface area contributed by atoms with Crippen LogP contribution < -0.4 is 10.6 Å². The first-order valence-corrected chi connectivity index (χ1v) is 4.66. The van der Waals surface area contributed by atoms with Gasteiger partial charge in [0.15, 0.2) is 0 Å². The zero-order valence-corrected chi connectivity index (χ0v) is 7.77. The van der Waals surface area contributed by atoms with E-state index in [9.17, 15) is 0 Å². The van der Waals surface area contributed by atoms with Crippen LogP contribution in [0.25, 0.3) is 0 Å². The van der Waals surface area contributed by atoms with Crippen molar-refractivity contribution in [2.45, 2.75) is 12.1 Å². The van der Waals surface area contributed by atoms with Crippen LogP contribution in [0.3, 0.4) is 0 Å². The fraction of sp³-hybridized carbons (Fsp3) is 0.400. The van der Waals surface area contributed by atoms with Crippen molar-refractivity contribution in [3.63, 3.8) is 0 Å². The second kappa shape index (κ2) is 4.18. The molecule has 0 saturated carbocycles. The summed E-state index contributed by atoms with van der Waals surface area (Å²) >= 11 is 0. The van der Waals surface area contributed by atoms with E-state index >= 15 is 0 Å². The topological polar surface area (TPSA) is 60.7 Å². The van der Waals surface area contributed by atoms with Crippen LogP contribution in [0.1, 0.15) is 11.6 Å². The zero-order chi connectivity index (χ0) is 9.80. The van der Waals surface area contributed by atoms with Gasteiger partial charge in [0.25, 0.3) is 0 Å². The molecule has 1 atom stereocenters. The van der Waals surface area contributed by atoms with Gasteiger partial charge in [-0.05, 0) is 17.7 Å². The minimum atomic E-state index is -0.218. The predicted molar refractivity (Wildman–Crippen MR) is 52.4 cm³/mol. The first kappa shape index (κ1) is 9.13. The Kier molecular flexibility index (Phi) is 2.73. The fourth-order valence-corrected chi connectivity index (χ4v) is 1.41. The maximum Gasteiger partial charge on any atom is 0.121 e. The highest BCUT2D eigenvalue weighted by Crippen LogP contribution is 2.11. The predicted octanol–water partition coefficient (Wildman–Crippen LogP) is 0.208. The lowest BCUT2D eigenvalue weighted by Crippen LogP contribution is -2.55. The van der Waals surface area contributed by atoms with E-state index in [2.05, 4.69) is 21.7 Å². The molecule has 4 heteroatoms. The minimum Gasteiger partial charge on any atom is -0.314 e. The molecule has 4 nitrogen and oxygen atoms in total. The average Bonchev–Trinajstić information content (AvgIpc) is 2.18. The van der Waals surface area contributed by atoms with E-state index in [0.717, 1.165) is 18.7 Å². The SMILES string of the molecule is N#C[C@H](NC1CNC1)c1ccncc1. The molecule has 1 aliphatic heterocycles. The summed E-state index contributed by atoms with van der Waals surface area (Å²) in [5.74, 6) is 0. The first-order valence-electron chi connectivity index (χ1n) is 4.66. The number of hydrogen-bond donors (Lipinski definition) is 2. The molecule has 72 valence electrons. The van der Waals surface area contributed by atoms with Crippen LogP contribution in [0.5, 0.6) is 0 Å². The van der Waals surface area contributed by atoms with Crippen LogP contribution in [0.15, 0.2) is 24.5 Å². The quantitative estimate of drug-likeness (QED) is 0.711. The zero-order valence-electron chi connectivity index (χ0n) is 7.77. The molecule has 1 aromatic heterocycles. The molecule has 0 radical (unpaired) electrons. The lowest BCUT2D eigenvalue weighted by atomic mass is 10.1. The monoisotopic (exact) mass is 188 g/mol. The van der Waals surface area contributed by atoms with Crippen LogP contribution in [-0.2, 0) is 0 Å². The van der Waals surface area contributed by atoms with Gasteiger partial charge in [0.05, 0.1) is 6.07 Å². The molecule has 1 aliphatic rings. The highest BCUT2D eigenvalue weighted by Gasteiger charge is 2.21. The number of nitrogens with one attached hydrogen (secondary N) is 2. The third-order valence-electron chi connectivity index (χ3n) is 2.35. The van der Waals surface area contributed by atoms with Gasteiger partial charge >= 0.3 is 0 Å². The summed E-state index contributed by atoms with van der Waals surface area (Å²) in [5.41, 5.74) is 0.981.